The predicted octanol–water partition coefficient (Wildman–Crippen LogP) is 1.55. The van der Waals surface area contributed by atoms with Gasteiger partial charge in [0.25, 0.3) is 0 Å². The summed E-state index contributed by atoms with van der Waals surface area (Å²) in [6, 6.07) is 9.74. The Bertz CT molecular complexity index is 414. The number of nitrogens with one attached hydrogen (secondary N) is 2. The summed E-state index contributed by atoms with van der Waals surface area (Å²) in [4.78, 5) is 13.9. The Balaban J connectivity index is 1.67. The molecule has 0 radical (unpaired) electrons. The highest BCUT2D eigenvalue weighted by Gasteiger charge is 2.21. The van der Waals surface area contributed by atoms with Gasteiger partial charge < -0.3 is 15.4 Å². The topological polar surface area (TPSA) is 53.6 Å². The summed E-state index contributed by atoms with van der Waals surface area (Å²) in [7, 11) is 0. The van der Waals surface area contributed by atoms with Gasteiger partial charge in [-0.2, -0.15) is 0 Å². The first-order chi connectivity index (χ1) is 9.63. The third-order valence-corrected chi connectivity index (χ3v) is 3.25. The number of urea groups is 1. The number of carbonyl (C=O) groups is 1. The lowest BCUT2D eigenvalue weighted by Crippen LogP contribution is -2.51. The molecule has 0 aromatic heterocycles. The largest absolute Gasteiger partial charge is 0.373 e. The van der Waals surface area contributed by atoms with E-state index in [1.807, 2.05) is 30.3 Å². The van der Waals surface area contributed by atoms with Crippen LogP contribution in [0.2, 0.25) is 0 Å². The zero-order valence-corrected chi connectivity index (χ0v) is 12.1. The lowest BCUT2D eigenvalue weighted by Gasteiger charge is -2.35. The fraction of sp³-hybridized carbons (Fsp3) is 0.533. The fourth-order valence-corrected chi connectivity index (χ4v) is 2.44. The number of benzene rings is 1. The van der Waals surface area contributed by atoms with Gasteiger partial charge in [0, 0.05) is 19.6 Å². The van der Waals surface area contributed by atoms with Gasteiger partial charge in [-0.1, -0.05) is 30.3 Å². The average Bonchev–Trinajstić information content (AvgIpc) is 2.43. The van der Waals surface area contributed by atoms with Gasteiger partial charge in [-0.05, 0) is 19.4 Å². The number of amides is 2. The molecule has 20 heavy (non-hydrogen) atoms. The summed E-state index contributed by atoms with van der Waals surface area (Å²) in [5.41, 5.74) is 1.09. The van der Waals surface area contributed by atoms with Gasteiger partial charge in [-0.3, -0.25) is 4.90 Å². The van der Waals surface area contributed by atoms with Gasteiger partial charge in [0.15, 0.2) is 0 Å². The Morgan fingerprint density at radius 2 is 1.85 bits per heavy atom. The van der Waals surface area contributed by atoms with Crippen molar-refractivity contribution in [3.63, 3.8) is 0 Å². The van der Waals surface area contributed by atoms with Crippen molar-refractivity contribution in [1.82, 2.24) is 15.5 Å². The third-order valence-electron chi connectivity index (χ3n) is 3.25. The van der Waals surface area contributed by atoms with Crippen LogP contribution < -0.4 is 10.6 Å². The number of carbonyl (C=O) groups excluding carboxylic acids is 1. The first-order valence-electron chi connectivity index (χ1n) is 7.07. The molecule has 5 nitrogen and oxygen atoms in total. The van der Waals surface area contributed by atoms with Gasteiger partial charge in [0.05, 0.1) is 18.9 Å². The molecule has 1 aromatic rings. The minimum absolute atomic E-state index is 0.138. The molecule has 2 N–H and O–H groups in total. The Morgan fingerprint density at radius 3 is 2.50 bits per heavy atom. The van der Waals surface area contributed by atoms with E-state index in [0.29, 0.717) is 13.2 Å². The van der Waals surface area contributed by atoms with Gasteiger partial charge >= 0.3 is 6.03 Å². The van der Waals surface area contributed by atoms with E-state index in [2.05, 4.69) is 29.4 Å². The number of hydrogen-bond donors (Lipinski definition) is 2. The molecule has 0 bridgehead atoms. The van der Waals surface area contributed by atoms with Crippen molar-refractivity contribution in [1.29, 1.82) is 0 Å². The summed E-state index contributed by atoms with van der Waals surface area (Å²) in [6.45, 7) is 6.91. The lowest BCUT2D eigenvalue weighted by molar-refractivity contribution is -0.0689. The first kappa shape index (κ1) is 14.8. The fourth-order valence-electron chi connectivity index (χ4n) is 2.44. The normalized spacial score (nSPS) is 23.3. The number of ether oxygens (including phenoxy) is 1. The van der Waals surface area contributed by atoms with Crippen LogP contribution in [0.5, 0.6) is 0 Å². The van der Waals surface area contributed by atoms with Crippen LogP contribution in [0.15, 0.2) is 30.3 Å². The number of rotatable bonds is 4. The Hall–Kier alpha value is -1.59. The second-order valence-electron chi connectivity index (χ2n) is 5.30. The molecule has 0 spiro atoms. The van der Waals surface area contributed by atoms with E-state index in [4.69, 9.17) is 4.74 Å². The maximum Gasteiger partial charge on any atom is 0.316 e. The molecule has 1 saturated heterocycles. The van der Waals surface area contributed by atoms with Crippen LogP contribution in [0.25, 0.3) is 0 Å². The summed E-state index contributed by atoms with van der Waals surface area (Å²) >= 11 is 0. The third kappa shape index (κ3) is 4.83. The monoisotopic (exact) mass is 277 g/mol. The van der Waals surface area contributed by atoms with Crippen LogP contribution in [0.3, 0.4) is 0 Å². The molecule has 0 unspecified atom stereocenters. The quantitative estimate of drug-likeness (QED) is 0.878. The maximum absolute atomic E-state index is 11.7. The minimum Gasteiger partial charge on any atom is -0.373 e. The van der Waals surface area contributed by atoms with E-state index in [-0.39, 0.29) is 18.2 Å². The molecular formula is C15H23N3O2. The second-order valence-corrected chi connectivity index (χ2v) is 5.30. The summed E-state index contributed by atoms with van der Waals surface area (Å²) < 4.78 is 5.66. The molecule has 5 heteroatoms. The summed E-state index contributed by atoms with van der Waals surface area (Å²) in [5.74, 6) is 0. The van der Waals surface area contributed by atoms with Crippen molar-refractivity contribution in [2.24, 2.45) is 0 Å². The maximum atomic E-state index is 11.7. The Labute approximate surface area is 120 Å². The minimum atomic E-state index is -0.138. The molecule has 1 fully saturated rings. The molecule has 1 aromatic carbocycles. The molecule has 0 saturated carbocycles. The molecule has 2 atom stereocenters. The number of morpholine rings is 1. The van der Waals surface area contributed by atoms with Crippen LogP contribution in [-0.4, -0.2) is 42.9 Å². The highest BCUT2D eigenvalue weighted by Crippen LogP contribution is 2.09. The van der Waals surface area contributed by atoms with Crippen LogP contribution in [0.4, 0.5) is 4.79 Å². The molecule has 2 rings (SSSR count). The zero-order valence-electron chi connectivity index (χ0n) is 12.1. The lowest BCUT2D eigenvalue weighted by atomic mass is 10.2. The van der Waals surface area contributed by atoms with Gasteiger partial charge in [0.2, 0.25) is 0 Å². The van der Waals surface area contributed by atoms with Crippen LogP contribution >= 0.6 is 0 Å². The van der Waals surface area contributed by atoms with E-state index in [1.165, 1.54) is 0 Å². The molecule has 110 valence electrons. The predicted molar refractivity (Wildman–Crippen MR) is 78.3 cm³/mol. The number of nitrogens with zero attached hydrogens (tertiary/aromatic N) is 1. The van der Waals surface area contributed by atoms with Crippen molar-refractivity contribution >= 4 is 6.03 Å². The smallest absolute Gasteiger partial charge is 0.316 e. The molecule has 0 aliphatic carbocycles. The summed E-state index contributed by atoms with van der Waals surface area (Å²) in [5, 5.41) is 5.74. The first-order valence-corrected chi connectivity index (χ1v) is 7.07. The number of hydrogen-bond acceptors (Lipinski definition) is 3. The standard InChI is InChI=1S/C15H23N3O2/c1-12-9-18(10-13(2)20-12)11-17-15(19)16-8-14-6-4-3-5-7-14/h3-7,12-13H,8-11H2,1-2H3,(H2,16,17,19)/t12-,13-/m0/s1. The molecule has 2 amide bonds. The van der Waals surface area contributed by atoms with Crippen molar-refractivity contribution in [3.8, 4) is 0 Å². The van der Waals surface area contributed by atoms with E-state index in [9.17, 15) is 4.79 Å². The van der Waals surface area contributed by atoms with Crippen LogP contribution in [0, 0.1) is 0 Å². The van der Waals surface area contributed by atoms with Crippen molar-refractivity contribution in [2.45, 2.75) is 32.6 Å². The Morgan fingerprint density at radius 1 is 1.20 bits per heavy atom. The van der Waals surface area contributed by atoms with Gasteiger partial charge in [-0.25, -0.2) is 4.79 Å². The molecular weight excluding hydrogens is 254 g/mol. The van der Waals surface area contributed by atoms with Crippen molar-refractivity contribution < 1.29 is 9.53 Å². The van der Waals surface area contributed by atoms with E-state index in [1.54, 1.807) is 0 Å². The highest BCUT2D eigenvalue weighted by atomic mass is 16.5. The van der Waals surface area contributed by atoms with E-state index >= 15 is 0 Å². The molecule has 1 aliphatic rings. The van der Waals surface area contributed by atoms with Gasteiger partial charge in [-0.15, -0.1) is 0 Å². The zero-order chi connectivity index (χ0) is 14.4. The SMILES string of the molecule is C[C@H]1CN(CNC(=O)NCc2ccccc2)C[C@H](C)O1. The van der Waals surface area contributed by atoms with Crippen LogP contribution in [0.1, 0.15) is 19.4 Å². The molecule has 1 aliphatic heterocycles. The van der Waals surface area contributed by atoms with Crippen LogP contribution in [-0.2, 0) is 11.3 Å². The summed E-state index contributed by atoms with van der Waals surface area (Å²) in [6.07, 6.45) is 0.431. The van der Waals surface area contributed by atoms with E-state index < -0.39 is 0 Å². The van der Waals surface area contributed by atoms with Crippen molar-refractivity contribution in [3.05, 3.63) is 35.9 Å². The second kappa shape index (κ2) is 7.26. The highest BCUT2D eigenvalue weighted by molar-refractivity contribution is 5.73. The Kier molecular flexibility index (Phi) is 5.38. The van der Waals surface area contributed by atoms with E-state index in [0.717, 1.165) is 18.7 Å². The van der Waals surface area contributed by atoms with Crippen molar-refractivity contribution in [2.75, 3.05) is 19.8 Å². The molecule has 1 heterocycles. The van der Waals surface area contributed by atoms with Gasteiger partial charge in [0.1, 0.15) is 0 Å². The average molecular weight is 277 g/mol.